The van der Waals surface area contributed by atoms with Crippen LogP contribution in [0.25, 0.3) is 0 Å². The Balaban J connectivity index is 1.80. The van der Waals surface area contributed by atoms with E-state index in [1.807, 2.05) is 11.7 Å². The first-order valence-electron chi connectivity index (χ1n) is 6.44. The third-order valence-corrected chi connectivity index (χ3v) is 3.41. The molecule has 90 valence electrons. The Morgan fingerprint density at radius 2 is 2.31 bits per heavy atom. The summed E-state index contributed by atoms with van der Waals surface area (Å²) in [6, 6.07) is 2.84. The van der Waals surface area contributed by atoms with Gasteiger partial charge in [0.15, 0.2) is 0 Å². The van der Waals surface area contributed by atoms with Crippen LogP contribution in [0.5, 0.6) is 0 Å². The van der Waals surface area contributed by atoms with Gasteiger partial charge in [0.1, 0.15) is 0 Å². The Bertz CT molecular complexity index is 339. The summed E-state index contributed by atoms with van der Waals surface area (Å²) in [5.74, 6) is 1.00. The Hall–Kier alpha value is -0.830. The molecular weight excluding hydrogens is 198 g/mol. The van der Waals surface area contributed by atoms with Crippen molar-refractivity contribution in [2.45, 2.75) is 52.1 Å². The summed E-state index contributed by atoms with van der Waals surface area (Å²) in [6.07, 6.45) is 5.24. The van der Waals surface area contributed by atoms with Crippen molar-refractivity contribution >= 4 is 0 Å². The molecule has 1 aromatic rings. The lowest BCUT2D eigenvalue weighted by atomic mass is 10.1. The Kier molecular flexibility index (Phi) is 3.64. The van der Waals surface area contributed by atoms with E-state index in [2.05, 4.69) is 30.3 Å². The zero-order valence-corrected chi connectivity index (χ0v) is 10.7. The number of aromatic nitrogens is 2. The van der Waals surface area contributed by atoms with E-state index in [0.717, 1.165) is 18.9 Å². The maximum absolute atomic E-state index is 4.46. The van der Waals surface area contributed by atoms with E-state index in [1.54, 1.807) is 0 Å². The van der Waals surface area contributed by atoms with Crippen LogP contribution >= 0.6 is 0 Å². The van der Waals surface area contributed by atoms with Crippen LogP contribution in [-0.4, -0.2) is 15.8 Å². The fourth-order valence-electron chi connectivity index (χ4n) is 2.13. The van der Waals surface area contributed by atoms with Crippen LogP contribution < -0.4 is 5.32 Å². The summed E-state index contributed by atoms with van der Waals surface area (Å²) < 4.78 is 2.00. The standard InChI is InChI=1S/C13H23N3/c1-4-12-8-13(16(3)15-12)9-14-10(2)7-11-5-6-11/h8,10-11,14H,4-7,9H2,1-3H3. The molecule has 0 saturated heterocycles. The molecule has 0 amide bonds. The van der Waals surface area contributed by atoms with Crippen molar-refractivity contribution in [2.75, 3.05) is 0 Å². The van der Waals surface area contributed by atoms with Gasteiger partial charge >= 0.3 is 0 Å². The zero-order chi connectivity index (χ0) is 11.5. The van der Waals surface area contributed by atoms with E-state index < -0.39 is 0 Å². The average Bonchev–Trinajstić information content (AvgIpc) is 2.98. The third-order valence-electron chi connectivity index (χ3n) is 3.41. The molecule has 0 aromatic carbocycles. The highest BCUT2D eigenvalue weighted by Crippen LogP contribution is 2.33. The van der Waals surface area contributed by atoms with Crippen LogP contribution in [-0.2, 0) is 20.0 Å². The van der Waals surface area contributed by atoms with Crippen molar-refractivity contribution < 1.29 is 0 Å². The van der Waals surface area contributed by atoms with Crippen molar-refractivity contribution in [3.05, 3.63) is 17.5 Å². The Morgan fingerprint density at radius 1 is 1.56 bits per heavy atom. The average molecular weight is 221 g/mol. The molecule has 16 heavy (non-hydrogen) atoms. The second-order valence-corrected chi connectivity index (χ2v) is 5.07. The van der Waals surface area contributed by atoms with Crippen molar-refractivity contribution in [2.24, 2.45) is 13.0 Å². The van der Waals surface area contributed by atoms with Gasteiger partial charge in [-0.05, 0) is 31.7 Å². The number of aryl methyl sites for hydroxylation is 2. The number of nitrogens with zero attached hydrogens (tertiary/aromatic N) is 2. The highest BCUT2D eigenvalue weighted by Gasteiger charge is 2.23. The molecule has 0 radical (unpaired) electrons. The summed E-state index contributed by atoms with van der Waals surface area (Å²) in [5.41, 5.74) is 2.48. The van der Waals surface area contributed by atoms with Gasteiger partial charge < -0.3 is 5.32 Å². The second-order valence-electron chi connectivity index (χ2n) is 5.07. The predicted molar refractivity (Wildman–Crippen MR) is 66.2 cm³/mol. The van der Waals surface area contributed by atoms with Crippen LogP contribution in [0.15, 0.2) is 6.07 Å². The molecule has 1 atom stereocenters. The van der Waals surface area contributed by atoms with E-state index in [4.69, 9.17) is 0 Å². The molecule has 0 aliphatic heterocycles. The SMILES string of the molecule is CCc1cc(CNC(C)CC2CC2)n(C)n1. The molecule has 1 aliphatic rings. The number of hydrogen-bond donors (Lipinski definition) is 1. The molecule has 1 fully saturated rings. The van der Waals surface area contributed by atoms with Gasteiger partial charge in [0.2, 0.25) is 0 Å². The lowest BCUT2D eigenvalue weighted by Gasteiger charge is -2.12. The van der Waals surface area contributed by atoms with E-state index in [9.17, 15) is 0 Å². The quantitative estimate of drug-likeness (QED) is 0.798. The van der Waals surface area contributed by atoms with Crippen molar-refractivity contribution in [1.29, 1.82) is 0 Å². The van der Waals surface area contributed by atoms with E-state index in [-0.39, 0.29) is 0 Å². The minimum absolute atomic E-state index is 0.632. The lowest BCUT2D eigenvalue weighted by molar-refractivity contribution is 0.476. The fraction of sp³-hybridized carbons (Fsp3) is 0.769. The second kappa shape index (κ2) is 5.00. The minimum Gasteiger partial charge on any atom is -0.309 e. The summed E-state index contributed by atoms with van der Waals surface area (Å²) in [6.45, 7) is 5.38. The molecule has 3 heteroatoms. The van der Waals surface area contributed by atoms with Crippen LogP contribution in [0.2, 0.25) is 0 Å². The molecule has 1 unspecified atom stereocenters. The van der Waals surface area contributed by atoms with Gasteiger partial charge in [-0.3, -0.25) is 4.68 Å². The molecule has 1 N–H and O–H groups in total. The first kappa shape index (κ1) is 11.6. The van der Waals surface area contributed by atoms with Crippen molar-refractivity contribution in [3.8, 4) is 0 Å². The summed E-state index contributed by atoms with van der Waals surface area (Å²) >= 11 is 0. The molecule has 1 aliphatic carbocycles. The predicted octanol–water partition coefficient (Wildman–Crippen LogP) is 2.26. The van der Waals surface area contributed by atoms with Crippen molar-refractivity contribution in [1.82, 2.24) is 15.1 Å². The van der Waals surface area contributed by atoms with Crippen LogP contribution in [0.3, 0.4) is 0 Å². The van der Waals surface area contributed by atoms with Gasteiger partial charge in [0.25, 0.3) is 0 Å². The van der Waals surface area contributed by atoms with Gasteiger partial charge in [0.05, 0.1) is 11.4 Å². The summed E-state index contributed by atoms with van der Waals surface area (Å²) in [5, 5.41) is 8.04. The maximum atomic E-state index is 4.46. The number of hydrogen-bond acceptors (Lipinski definition) is 2. The minimum atomic E-state index is 0.632. The molecular formula is C13H23N3. The largest absolute Gasteiger partial charge is 0.309 e. The van der Waals surface area contributed by atoms with Gasteiger partial charge in [0, 0.05) is 19.6 Å². The van der Waals surface area contributed by atoms with Gasteiger partial charge in [-0.15, -0.1) is 0 Å². The van der Waals surface area contributed by atoms with Crippen LogP contribution in [0, 0.1) is 5.92 Å². The number of nitrogens with one attached hydrogen (secondary N) is 1. The fourth-order valence-corrected chi connectivity index (χ4v) is 2.13. The van der Waals surface area contributed by atoms with E-state index in [0.29, 0.717) is 6.04 Å². The van der Waals surface area contributed by atoms with Crippen LogP contribution in [0.1, 0.15) is 44.5 Å². The molecule has 2 rings (SSSR count). The molecule has 3 nitrogen and oxygen atoms in total. The molecule has 0 spiro atoms. The normalized spacial score (nSPS) is 17.7. The third kappa shape index (κ3) is 3.08. The van der Waals surface area contributed by atoms with Crippen molar-refractivity contribution in [3.63, 3.8) is 0 Å². The maximum Gasteiger partial charge on any atom is 0.0625 e. The lowest BCUT2D eigenvalue weighted by Crippen LogP contribution is -2.26. The topological polar surface area (TPSA) is 29.9 Å². The van der Waals surface area contributed by atoms with Gasteiger partial charge in [-0.1, -0.05) is 19.8 Å². The molecule has 1 heterocycles. The molecule has 1 saturated carbocycles. The highest BCUT2D eigenvalue weighted by molar-refractivity contribution is 5.10. The zero-order valence-electron chi connectivity index (χ0n) is 10.7. The van der Waals surface area contributed by atoms with Gasteiger partial charge in [-0.2, -0.15) is 5.10 Å². The Labute approximate surface area is 98.2 Å². The first-order chi connectivity index (χ1) is 7.69. The monoisotopic (exact) mass is 221 g/mol. The Morgan fingerprint density at radius 3 is 2.88 bits per heavy atom. The van der Waals surface area contributed by atoms with Crippen LogP contribution in [0.4, 0.5) is 0 Å². The molecule has 1 aromatic heterocycles. The highest BCUT2D eigenvalue weighted by atomic mass is 15.3. The van der Waals surface area contributed by atoms with E-state index >= 15 is 0 Å². The first-order valence-corrected chi connectivity index (χ1v) is 6.44. The number of rotatable bonds is 6. The van der Waals surface area contributed by atoms with Gasteiger partial charge in [-0.25, -0.2) is 0 Å². The summed E-state index contributed by atoms with van der Waals surface area (Å²) in [4.78, 5) is 0. The summed E-state index contributed by atoms with van der Waals surface area (Å²) in [7, 11) is 2.03. The van der Waals surface area contributed by atoms with E-state index in [1.165, 1.54) is 30.7 Å². The smallest absolute Gasteiger partial charge is 0.0625 e. The molecule has 0 bridgehead atoms.